The minimum atomic E-state index is -3.64. The van der Waals surface area contributed by atoms with Crippen molar-refractivity contribution in [1.82, 2.24) is 20.3 Å². The normalized spacial score (nSPS) is 18.6. The smallest absolute Gasteiger partial charge is 0.241 e. The summed E-state index contributed by atoms with van der Waals surface area (Å²) in [5.41, 5.74) is 3.19. The Morgan fingerprint density at radius 1 is 1.23 bits per heavy atom. The van der Waals surface area contributed by atoms with Gasteiger partial charge >= 0.3 is 0 Å². The number of fused-ring (bicyclic) bond motifs is 3. The van der Waals surface area contributed by atoms with Gasteiger partial charge in [0.25, 0.3) is 0 Å². The van der Waals surface area contributed by atoms with E-state index in [-0.39, 0.29) is 12.0 Å². The summed E-state index contributed by atoms with van der Waals surface area (Å²) in [6, 6.07) is 3.86. The predicted octanol–water partition coefficient (Wildman–Crippen LogP) is 3.52. The number of nitrogens with one attached hydrogen (secondary N) is 3. The fraction of sp³-hybridized carbons (Fsp3) is 0.545. The van der Waals surface area contributed by atoms with Crippen LogP contribution in [0.15, 0.2) is 23.2 Å². The second kappa shape index (κ2) is 8.40. The molecule has 0 bridgehead atoms. The molecule has 0 aliphatic heterocycles. The van der Waals surface area contributed by atoms with E-state index in [0.29, 0.717) is 22.5 Å². The number of nitrogens with zero attached hydrogens (tertiary/aromatic N) is 1. The molecular formula is C22H30N4O2S2. The Bertz CT molecular complexity index is 1080. The molecule has 0 amide bonds. The lowest BCUT2D eigenvalue weighted by Gasteiger charge is -2.19. The first-order valence-corrected chi connectivity index (χ1v) is 12.7. The van der Waals surface area contributed by atoms with Gasteiger partial charge in [-0.05, 0) is 74.0 Å². The molecule has 1 aromatic heterocycles. The van der Waals surface area contributed by atoms with E-state index in [0.717, 1.165) is 54.3 Å². The van der Waals surface area contributed by atoms with Crippen LogP contribution in [-0.2, 0) is 16.4 Å². The molecule has 0 saturated heterocycles. The SMILES string of the molecule is CCNC(=S)NC1CCc2c1cc(S(=O)(=O)NCC(C)C)c1cc(C3CC3)ncc21. The zero-order chi connectivity index (χ0) is 21.5. The molecular weight excluding hydrogens is 416 g/mol. The van der Waals surface area contributed by atoms with Crippen molar-refractivity contribution in [3.8, 4) is 0 Å². The first kappa shape index (κ1) is 21.5. The standard InChI is InChI=1S/C22H30N4O2S2/c1-4-23-22(29)26-19-8-7-15-16(19)10-21(30(27,28)25-11-13(2)3)17-9-20(14-5-6-14)24-12-18(15)17/h9-10,12-14,19,25H,4-8,11H2,1-3H3,(H2,23,26,29). The third-order valence-corrected chi connectivity index (χ3v) is 7.54. The highest BCUT2D eigenvalue weighted by Crippen LogP contribution is 2.43. The Morgan fingerprint density at radius 2 is 2.00 bits per heavy atom. The Hall–Kier alpha value is -1.77. The molecule has 0 radical (unpaired) electrons. The monoisotopic (exact) mass is 446 g/mol. The van der Waals surface area contributed by atoms with Crippen molar-refractivity contribution in [2.24, 2.45) is 5.92 Å². The van der Waals surface area contributed by atoms with Crippen molar-refractivity contribution in [3.63, 3.8) is 0 Å². The number of sulfonamides is 1. The number of hydrogen-bond donors (Lipinski definition) is 3. The molecule has 1 atom stereocenters. The number of aromatic nitrogens is 1. The minimum Gasteiger partial charge on any atom is -0.363 e. The first-order valence-electron chi connectivity index (χ1n) is 10.8. The van der Waals surface area contributed by atoms with Crippen LogP contribution in [-0.4, -0.2) is 31.6 Å². The maximum Gasteiger partial charge on any atom is 0.241 e. The summed E-state index contributed by atoms with van der Waals surface area (Å²) in [5.74, 6) is 0.699. The van der Waals surface area contributed by atoms with E-state index in [9.17, 15) is 8.42 Å². The van der Waals surface area contributed by atoms with Gasteiger partial charge in [0.1, 0.15) is 0 Å². The van der Waals surface area contributed by atoms with Crippen LogP contribution in [0, 0.1) is 5.92 Å². The number of benzene rings is 1. The van der Waals surface area contributed by atoms with Crippen LogP contribution < -0.4 is 15.4 Å². The molecule has 3 N–H and O–H groups in total. The minimum absolute atomic E-state index is 0.00175. The molecule has 2 aliphatic carbocycles. The lowest BCUT2D eigenvalue weighted by Crippen LogP contribution is -2.37. The van der Waals surface area contributed by atoms with E-state index in [1.807, 2.05) is 39.1 Å². The fourth-order valence-electron chi connectivity index (χ4n) is 4.11. The Balaban J connectivity index is 1.82. The van der Waals surface area contributed by atoms with Crippen LogP contribution in [0.2, 0.25) is 0 Å². The molecule has 1 heterocycles. The average Bonchev–Trinajstić information content (AvgIpc) is 3.47. The molecule has 1 saturated carbocycles. The van der Waals surface area contributed by atoms with Crippen LogP contribution >= 0.6 is 12.2 Å². The largest absolute Gasteiger partial charge is 0.363 e. The maximum absolute atomic E-state index is 13.3. The fourth-order valence-corrected chi connectivity index (χ4v) is 5.85. The van der Waals surface area contributed by atoms with Crippen LogP contribution in [0.1, 0.15) is 68.8 Å². The second-order valence-corrected chi connectivity index (χ2v) is 10.9. The first-order chi connectivity index (χ1) is 14.3. The summed E-state index contributed by atoms with van der Waals surface area (Å²) in [6.45, 7) is 7.15. The molecule has 1 fully saturated rings. The van der Waals surface area contributed by atoms with Crippen molar-refractivity contribution >= 4 is 38.1 Å². The highest BCUT2D eigenvalue weighted by Gasteiger charge is 2.31. The summed E-state index contributed by atoms with van der Waals surface area (Å²) in [6.07, 6.45) is 5.90. The van der Waals surface area contributed by atoms with Crippen LogP contribution in [0.4, 0.5) is 0 Å². The summed E-state index contributed by atoms with van der Waals surface area (Å²) in [7, 11) is -3.64. The predicted molar refractivity (Wildman–Crippen MR) is 124 cm³/mol. The van der Waals surface area contributed by atoms with E-state index < -0.39 is 10.0 Å². The number of aryl methyl sites for hydroxylation is 1. The zero-order valence-electron chi connectivity index (χ0n) is 17.8. The summed E-state index contributed by atoms with van der Waals surface area (Å²) < 4.78 is 29.4. The van der Waals surface area contributed by atoms with Gasteiger partial charge in [-0.1, -0.05) is 13.8 Å². The second-order valence-electron chi connectivity index (χ2n) is 8.71. The number of thiocarbonyl (C=S) groups is 1. The maximum atomic E-state index is 13.3. The van der Waals surface area contributed by atoms with Gasteiger partial charge in [0.2, 0.25) is 10.0 Å². The van der Waals surface area contributed by atoms with E-state index in [1.54, 1.807) is 0 Å². The van der Waals surface area contributed by atoms with Gasteiger partial charge in [0.15, 0.2) is 5.11 Å². The lowest BCUT2D eigenvalue weighted by molar-refractivity contribution is 0.560. The van der Waals surface area contributed by atoms with Crippen molar-refractivity contribution < 1.29 is 8.42 Å². The van der Waals surface area contributed by atoms with Crippen LogP contribution in [0.25, 0.3) is 10.8 Å². The van der Waals surface area contributed by atoms with Gasteiger partial charge in [-0.2, -0.15) is 0 Å². The molecule has 162 valence electrons. The van der Waals surface area contributed by atoms with Crippen molar-refractivity contribution in [3.05, 3.63) is 35.2 Å². The molecule has 4 rings (SSSR count). The molecule has 0 spiro atoms. The quantitative estimate of drug-likeness (QED) is 0.565. The summed E-state index contributed by atoms with van der Waals surface area (Å²) >= 11 is 5.38. The molecule has 2 aliphatic rings. The zero-order valence-corrected chi connectivity index (χ0v) is 19.4. The Labute approximate surface area is 184 Å². The van der Waals surface area contributed by atoms with E-state index in [1.165, 1.54) is 5.56 Å². The van der Waals surface area contributed by atoms with Crippen LogP contribution in [0.3, 0.4) is 0 Å². The third kappa shape index (κ3) is 4.31. The van der Waals surface area contributed by atoms with Gasteiger partial charge in [-0.15, -0.1) is 0 Å². The van der Waals surface area contributed by atoms with E-state index in [2.05, 4.69) is 20.3 Å². The topological polar surface area (TPSA) is 83.1 Å². The van der Waals surface area contributed by atoms with Gasteiger partial charge < -0.3 is 10.6 Å². The molecule has 6 nitrogen and oxygen atoms in total. The Morgan fingerprint density at radius 3 is 2.67 bits per heavy atom. The number of hydrogen-bond acceptors (Lipinski definition) is 4. The average molecular weight is 447 g/mol. The highest BCUT2D eigenvalue weighted by molar-refractivity contribution is 7.89. The number of rotatable bonds is 7. The molecule has 1 aromatic carbocycles. The number of pyridine rings is 1. The summed E-state index contributed by atoms with van der Waals surface area (Å²) in [4.78, 5) is 5.04. The van der Waals surface area contributed by atoms with Crippen LogP contribution in [0.5, 0.6) is 0 Å². The van der Waals surface area contributed by atoms with Gasteiger partial charge in [-0.3, -0.25) is 4.98 Å². The van der Waals surface area contributed by atoms with Gasteiger partial charge in [0, 0.05) is 41.7 Å². The van der Waals surface area contributed by atoms with E-state index in [4.69, 9.17) is 12.2 Å². The van der Waals surface area contributed by atoms with Gasteiger partial charge in [-0.25, -0.2) is 13.1 Å². The third-order valence-electron chi connectivity index (χ3n) is 5.82. The van der Waals surface area contributed by atoms with Crippen molar-refractivity contribution in [2.75, 3.05) is 13.1 Å². The molecule has 30 heavy (non-hydrogen) atoms. The molecule has 2 aromatic rings. The van der Waals surface area contributed by atoms with Gasteiger partial charge in [0.05, 0.1) is 10.9 Å². The lowest BCUT2D eigenvalue weighted by atomic mass is 10.0. The highest BCUT2D eigenvalue weighted by atomic mass is 32.2. The van der Waals surface area contributed by atoms with E-state index >= 15 is 0 Å². The Kier molecular flexibility index (Phi) is 6.01. The summed E-state index contributed by atoms with van der Waals surface area (Å²) in [5, 5.41) is 8.81. The van der Waals surface area contributed by atoms with Crippen molar-refractivity contribution in [2.45, 2.75) is 63.3 Å². The molecule has 8 heteroatoms. The molecule has 1 unspecified atom stereocenters. The van der Waals surface area contributed by atoms with Crippen molar-refractivity contribution in [1.29, 1.82) is 0 Å².